The van der Waals surface area contributed by atoms with Gasteiger partial charge in [0.25, 0.3) is 0 Å². The maximum absolute atomic E-state index is 11.2. The molecular formula is C16H18N2O2. The summed E-state index contributed by atoms with van der Waals surface area (Å²) in [7, 11) is 0. The number of pyridine rings is 1. The van der Waals surface area contributed by atoms with Crippen LogP contribution in [0, 0.1) is 5.41 Å². The minimum Gasteiger partial charge on any atom is -0.477 e. The Kier molecular flexibility index (Phi) is 3.08. The van der Waals surface area contributed by atoms with E-state index < -0.39 is 5.97 Å². The van der Waals surface area contributed by atoms with Gasteiger partial charge in [0.15, 0.2) is 5.69 Å². The number of aromatic carboxylic acids is 1. The van der Waals surface area contributed by atoms with Crippen molar-refractivity contribution in [2.45, 2.75) is 26.2 Å². The topological polar surface area (TPSA) is 62.2 Å². The fourth-order valence-corrected chi connectivity index (χ4v) is 2.70. The third-order valence-electron chi connectivity index (χ3n) is 4.20. The van der Waals surface area contributed by atoms with E-state index in [4.69, 9.17) is 5.11 Å². The molecule has 0 bridgehead atoms. The number of nitrogens with one attached hydrogen (secondary N) is 1. The Morgan fingerprint density at radius 1 is 1.40 bits per heavy atom. The minimum atomic E-state index is -0.992. The zero-order chi connectivity index (χ0) is 14.2. The molecule has 2 aromatic rings. The van der Waals surface area contributed by atoms with Crippen LogP contribution in [0.4, 0.5) is 5.82 Å². The molecule has 0 unspecified atom stereocenters. The number of hydrogen-bond donors (Lipinski definition) is 2. The highest BCUT2D eigenvalue weighted by atomic mass is 16.4. The van der Waals surface area contributed by atoms with Crippen molar-refractivity contribution in [3.05, 3.63) is 36.0 Å². The number of hydrogen-bond acceptors (Lipinski definition) is 3. The summed E-state index contributed by atoms with van der Waals surface area (Å²) >= 11 is 0. The van der Waals surface area contributed by atoms with Gasteiger partial charge in [0, 0.05) is 11.9 Å². The van der Waals surface area contributed by atoms with Gasteiger partial charge in [0.2, 0.25) is 0 Å². The third kappa shape index (κ3) is 2.33. The molecule has 1 heterocycles. The summed E-state index contributed by atoms with van der Waals surface area (Å²) in [5.41, 5.74) is 0.409. The first-order valence-electron chi connectivity index (χ1n) is 6.94. The van der Waals surface area contributed by atoms with Crippen molar-refractivity contribution < 1.29 is 9.90 Å². The molecule has 0 aliphatic heterocycles. The number of carboxylic acid groups (broad SMARTS) is 1. The molecule has 4 nitrogen and oxygen atoms in total. The van der Waals surface area contributed by atoms with Gasteiger partial charge in [0.05, 0.1) is 0 Å². The van der Waals surface area contributed by atoms with Crippen LogP contribution in [0.15, 0.2) is 30.3 Å². The first kappa shape index (κ1) is 12.9. The largest absolute Gasteiger partial charge is 0.477 e. The SMILES string of the molecule is CC1(CNc2nc(C(=O)O)cc3ccccc23)CCC1. The second-order valence-corrected chi connectivity index (χ2v) is 5.90. The summed E-state index contributed by atoms with van der Waals surface area (Å²) in [6.07, 6.45) is 3.72. The summed E-state index contributed by atoms with van der Waals surface area (Å²) in [5.74, 6) is -0.317. The zero-order valence-electron chi connectivity index (χ0n) is 11.5. The van der Waals surface area contributed by atoms with Gasteiger partial charge in [-0.1, -0.05) is 37.6 Å². The zero-order valence-corrected chi connectivity index (χ0v) is 11.5. The second kappa shape index (κ2) is 4.78. The summed E-state index contributed by atoms with van der Waals surface area (Å²) in [6.45, 7) is 3.10. The van der Waals surface area contributed by atoms with Gasteiger partial charge in [-0.2, -0.15) is 0 Å². The van der Waals surface area contributed by atoms with Crippen molar-refractivity contribution in [1.82, 2.24) is 4.98 Å². The average Bonchev–Trinajstić information content (AvgIpc) is 2.42. The highest BCUT2D eigenvalue weighted by Gasteiger charge is 2.31. The summed E-state index contributed by atoms with van der Waals surface area (Å²) < 4.78 is 0. The van der Waals surface area contributed by atoms with E-state index in [0.29, 0.717) is 11.2 Å². The molecule has 4 heteroatoms. The smallest absolute Gasteiger partial charge is 0.354 e. The molecule has 0 amide bonds. The van der Waals surface area contributed by atoms with Crippen LogP contribution in [-0.4, -0.2) is 22.6 Å². The fraction of sp³-hybridized carbons (Fsp3) is 0.375. The van der Waals surface area contributed by atoms with E-state index >= 15 is 0 Å². The van der Waals surface area contributed by atoms with Crippen LogP contribution in [0.1, 0.15) is 36.7 Å². The quantitative estimate of drug-likeness (QED) is 0.892. The van der Waals surface area contributed by atoms with Crippen LogP contribution in [0.3, 0.4) is 0 Å². The van der Waals surface area contributed by atoms with E-state index in [9.17, 15) is 4.79 Å². The lowest BCUT2D eigenvalue weighted by molar-refractivity contribution is 0.0691. The Hall–Kier alpha value is -2.10. The standard InChI is InChI=1S/C16H18N2O2/c1-16(7-4-8-16)10-17-14-12-6-3-2-5-11(12)9-13(18-14)15(19)20/h2-3,5-6,9H,4,7-8,10H2,1H3,(H,17,18)(H,19,20). The van der Waals surface area contributed by atoms with Gasteiger partial charge >= 0.3 is 5.97 Å². The molecule has 20 heavy (non-hydrogen) atoms. The number of aromatic nitrogens is 1. The minimum absolute atomic E-state index is 0.0879. The van der Waals surface area contributed by atoms with E-state index in [1.54, 1.807) is 6.07 Å². The Balaban J connectivity index is 1.96. The summed E-state index contributed by atoms with van der Waals surface area (Å²) in [6, 6.07) is 9.36. The Bertz CT molecular complexity index is 663. The number of fused-ring (bicyclic) bond motifs is 1. The average molecular weight is 270 g/mol. The first-order valence-corrected chi connectivity index (χ1v) is 6.94. The number of anilines is 1. The normalized spacial score (nSPS) is 16.6. The molecule has 104 valence electrons. The molecule has 1 aromatic heterocycles. The summed E-state index contributed by atoms with van der Waals surface area (Å²) in [5, 5.41) is 14.4. The number of rotatable bonds is 4. The van der Waals surface area contributed by atoms with Gasteiger partial charge in [-0.15, -0.1) is 0 Å². The molecule has 1 aromatic carbocycles. The van der Waals surface area contributed by atoms with Gasteiger partial charge < -0.3 is 10.4 Å². The van der Waals surface area contributed by atoms with Crippen molar-refractivity contribution in [3.8, 4) is 0 Å². The van der Waals surface area contributed by atoms with E-state index in [-0.39, 0.29) is 5.69 Å². The fourth-order valence-electron chi connectivity index (χ4n) is 2.70. The third-order valence-corrected chi connectivity index (χ3v) is 4.20. The molecule has 1 fully saturated rings. The Labute approximate surface area is 117 Å². The van der Waals surface area contributed by atoms with Crippen molar-refractivity contribution in [2.24, 2.45) is 5.41 Å². The molecule has 0 saturated heterocycles. The molecule has 3 rings (SSSR count). The number of carboxylic acids is 1. The maximum atomic E-state index is 11.2. The van der Waals surface area contributed by atoms with Crippen LogP contribution >= 0.6 is 0 Å². The van der Waals surface area contributed by atoms with E-state index in [1.807, 2.05) is 24.3 Å². The van der Waals surface area contributed by atoms with E-state index in [0.717, 1.165) is 17.3 Å². The number of benzene rings is 1. The van der Waals surface area contributed by atoms with Crippen molar-refractivity contribution >= 4 is 22.6 Å². The molecule has 0 radical (unpaired) electrons. The number of carbonyl (C=O) groups is 1. The van der Waals surface area contributed by atoms with E-state index in [1.165, 1.54) is 19.3 Å². The molecular weight excluding hydrogens is 252 g/mol. The lowest BCUT2D eigenvalue weighted by Crippen LogP contribution is -2.33. The maximum Gasteiger partial charge on any atom is 0.354 e. The lowest BCUT2D eigenvalue weighted by atomic mass is 9.70. The molecule has 1 aliphatic rings. The number of nitrogens with zero attached hydrogens (tertiary/aromatic N) is 1. The van der Waals surface area contributed by atoms with Gasteiger partial charge in [-0.05, 0) is 29.7 Å². The highest BCUT2D eigenvalue weighted by molar-refractivity contribution is 5.97. The van der Waals surface area contributed by atoms with Crippen molar-refractivity contribution in [3.63, 3.8) is 0 Å². The van der Waals surface area contributed by atoms with Crippen LogP contribution in [-0.2, 0) is 0 Å². The highest BCUT2D eigenvalue weighted by Crippen LogP contribution is 2.40. The van der Waals surface area contributed by atoms with Gasteiger partial charge in [-0.25, -0.2) is 9.78 Å². The molecule has 1 saturated carbocycles. The Morgan fingerprint density at radius 2 is 2.15 bits per heavy atom. The Morgan fingerprint density at radius 3 is 2.80 bits per heavy atom. The predicted octanol–water partition coefficient (Wildman–Crippen LogP) is 3.54. The van der Waals surface area contributed by atoms with Crippen LogP contribution in [0.5, 0.6) is 0 Å². The van der Waals surface area contributed by atoms with Gasteiger partial charge in [0.1, 0.15) is 5.82 Å². The monoisotopic (exact) mass is 270 g/mol. The summed E-state index contributed by atoms with van der Waals surface area (Å²) in [4.78, 5) is 15.4. The van der Waals surface area contributed by atoms with Crippen LogP contribution in [0.25, 0.3) is 10.8 Å². The second-order valence-electron chi connectivity index (χ2n) is 5.90. The van der Waals surface area contributed by atoms with Crippen molar-refractivity contribution in [2.75, 3.05) is 11.9 Å². The van der Waals surface area contributed by atoms with Crippen LogP contribution < -0.4 is 5.32 Å². The lowest BCUT2D eigenvalue weighted by Gasteiger charge is -2.38. The van der Waals surface area contributed by atoms with E-state index in [2.05, 4.69) is 17.2 Å². The van der Waals surface area contributed by atoms with Gasteiger partial charge in [-0.3, -0.25) is 0 Å². The molecule has 0 atom stereocenters. The predicted molar refractivity (Wildman–Crippen MR) is 79.2 cm³/mol. The molecule has 1 aliphatic carbocycles. The van der Waals surface area contributed by atoms with Crippen molar-refractivity contribution in [1.29, 1.82) is 0 Å². The van der Waals surface area contributed by atoms with Crippen LogP contribution in [0.2, 0.25) is 0 Å². The molecule has 0 spiro atoms. The molecule has 2 N–H and O–H groups in total. The first-order chi connectivity index (χ1) is 9.57.